The highest BCUT2D eigenvalue weighted by Crippen LogP contribution is 2.16. The Morgan fingerprint density at radius 2 is 2.28 bits per heavy atom. The van der Waals surface area contributed by atoms with Crippen LogP contribution in [0, 0.1) is 5.92 Å². The number of morpholine rings is 1. The standard InChI is InChI=1S/C18H29N5O2/c1-15-5-4-8-23(11-15)18(24)14-22-9-10-25-16(13-22)12-21(2)17-6-3-7-19-20-17/h3,6-7,15-16H,4-5,8-14H2,1-2H3. The van der Waals surface area contributed by atoms with Gasteiger partial charge in [0.25, 0.3) is 0 Å². The van der Waals surface area contributed by atoms with Gasteiger partial charge in [-0.25, -0.2) is 0 Å². The van der Waals surface area contributed by atoms with Crippen LogP contribution in [0.25, 0.3) is 0 Å². The van der Waals surface area contributed by atoms with Crippen LogP contribution in [-0.2, 0) is 9.53 Å². The van der Waals surface area contributed by atoms with E-state index in [1.54, 1.807) is 6.20 Å². The number of hydrogen-bond donors (Lipinski definition) is 0. The van der Waals surface area contributed by atoms with Crippen LogP contribution in [-0.4, -0.2) is 84.9 Å². The number of ether oxygens (including phenoxy) is 1. The first-order valence-corrected chi connectivity index (χ1v) is 9.22. The Bertz CT molecular complexity index is 556. The van der Waals surface area contributed by atoms with Gasteiger partial charge in [-0.05, 0) is 30.9 Å². The number of hydrogen-bond acceptors (Lipinski definition) is 6. The molecule has 3 rings (SSSR count). The normalized spacial score (nSPS) is 25.0. The highest BCUT2D eigenvalue weighted by Gasteiger charge is 2.27. The third-order valence-electron chi connectivity index (χ3n) is 5.02. The Labute approximate surface area is 149 Å². The maximum absolute atomic E-state index is 12.6. The molecule has 7 heteroatoms. The van der Waals surface area contributed by atoms with E-state index >= 15 is 0 Å². The highest BCUT2D eigenvalue weighted by molar-refractivity contribution is 5.78. The van der Waals surface area contributed by atoms with Gasteiger partial charge in [0, 0.05) is 46.0 Å². The van der Waals surface area contributed by atoms with Gasteiger partial charge >= 0.3 is 0 Å². The number of carbonyl (C=O) groups is 1. The molecular weight excluding hydrogens is 318 g/mol. The van der Waals surface area contributed by atoms with Crippen molar-refractivity contribution >= 4 is 11.7 Å². The fourth-order valence-electron chi connectivity index (χ4n) is 3.64. The fourth-order valence-corrected chi connectivity index (χ4v) is 3.64. The fraction of sp³-hybridized carbons (Fsp3) is 0.722. The molecule has 2 atom stereocenters. The summed E-state index contributed by atoms with van der Waals surface area (Å²) in [6.45, 7) is 7.55. The Balaban J connectivity index is 1.48. The van der Waals surface area contributed by atoms with Crippen molar-refractivity contribution < 1.29 is 9.53 Å². The van der Waals surface area contributed by atoms with E-state index in [2.05, 4.69) is 26.9 Å². The van der Waals surface area contributed by atoms with Gasteiger partial charge in [-0.1, -0.05) is 6.92 Å². The number of carbonyl (C=O) groups excluding carboxylic acids is 1. The number of likely N-dealkylation sites (tertiary alicyclic amines) is 1. The molecule has 2 saturated heterocycles. The van der Waals surface area contributed by atoms with Crippen molar-refractivity contribution in [2.75, 3.05) is 57.8 Å². The molecule has 0 aliphatic carbocycles. The summed E-state index contributed by atoms with van der Waals surface area (Å²) in [5.41, 5.74) is 0. The van der Waals surface area contributed by atoms with E-state index < -0.39 is 0 Å². The quantitative estimate of drug-likeness (QED) is 0.788. The van der Waals surface area contributed by atoms with E-state index in [1.807, 2.05) is 24.1 Å². The lowest BCUT2D eigenvalue weighted by atomic mass is 10.0. The van der Waals surface area contributed by atoms with Crippen LogP contribution in [0.4, 0.5) is 5.82 Å². The minimum absolute atomic E-state index is 0.0776. The van der Waals surface area contributed by atoms with E-state index in [0.29, 0.717) is 19.1 Å². The first-order chi connectivity index (χ1) is 12.1. The van der Waals surface area contributed by atoms with Gasteiger partial charge in [-0.3, -0.25) is 9.69 Å². The summed E-state index contributed by atoms with van der Waals surface area (Å²) in [4.78, 5) is 18.9. The summed E-state index contributed by atoms with van der Waals surface area (Å²) >= 11 is 0. The van der Waals surface area contributed by atoms with E-state index in [1.165, 1.54) is 6.42 Å². The lowest BCUT2D eigenvalue weighted by Gasteiger charge is -2.37. The summed E-state index contributed by atoms with van der Waals surface area (Å²) < 4.78 is 5.89. The lowest BCUT2D eigenvalue weighted by Crippen LogP contribution is -2.51. The highest BCUT2D eigenvalue weighted by atomic mass is 16.5. The predicted octanol–water partition coefficient (Wildman–Crippen LogP) is 0.872. The zero-order chi connectivity index (χ0) is 17.6. The lowest BCUT2D eigenvalue weighted by molar-refractivity contribution is -0.136. The smallest absolute Gasteiger partial charge is 0.236 e. The van der Waals surface area contributed by atoms with Gasteiger partial charge in [0.05, 0.1) is 19.3 Å². The first-order valence-electron chi connectivity index (χ1n) is 9.22. The van der Waals surface area contributed by atoms with Crippen molar-refractivity contribution in [3.63, 3.8) is 0 Å². The third-order valence-corrected chi connectivity index (χ3v) is 5.02. The van der Waals surface area contributed by atoms with Gasteiger partial charge in [-0.2, -0.15) is 5.10 Å². The average Bonchev–Trinajstić information content (AvgIpc) is 2.63. The van der Waals surface area contributed by atoms with Crippen LogP contribution in [0.3, 0.4) is 0 Å². The third kappa shape index (κ3) is 5.12. The van der Waals surface area contributed by atoms with Crippen LogP contribution in [0.15, 0.2) is 18.3 Å². The van der Waals surface area contributed by atoms with Gasteiger partial charge in [0.15, 0.2) is 5.82 Å². The maximum atomic E-state index is 12.6. The van der Waals surface area contributed by atoms with Gasteiger partial charge in [0.1, 0.15) is 0 Å². The number of piperidine rings is 1. The largest absolute Gasteiger partial charge is 0.374 e. The van der Waals surface area contributed by atoms with Crippen molar-refractivity contribution in [1.82, 2.24) is 20.0 Å². The Kier molecular flexibility index (Phi) is 6.20. The molecule has 0 radical (unpaired) electrons. The molecular formula is C18H29N5O2. The second kappa shape index (κ2) is 8.58. The number of likely N-dealkylation sites (N-methyl/N-ethyl adjacent to an activating group) is 1. The summed E-state index contributed by atoms with van der Waals surface area (Å²) in [5, 5.41) is 8.04. The number of aromatic nitrogens is 2. The number of anilines is 1. The van der Waals surface area contributed by atoms with Crippen molar-refractivity contribution in [3.8, 4) is 0 Å². The van der Waals surface area contributed by atoms with E-state index in [4.69, 9.17) is 4.74 Å². The van der Waals surface area contributed by atoms with Gasteiger partial charge in [-0.15, -0.1) is 5.10 Å². The zero-order valence-corrected chi connectivity index (χ0v) is 15.3. The number of nitrogens with zero attached hydrogens (tertiary/aromatic N) is 5. The monoisotopic (exact) mass is 347 g/mol. The van der Waals surface area contributed by atoms with Crippen molar-refractivity contribution in [3.05, 3.63) is 18.3 Å². The maximum Gasteiger partial charge on any atom is 0.236 e. The van der Waals surface area contributed by atoms with Crippen LogP contribution >= 0.6 is 0 Å². The minimum atomic E-state index is 0.0776. The predicted molar refractivity (Wildman–Crippen MR) is 96.5 cm³/mol. The molecule has 138 valence electrons. The molecule has 0 N–H and O–H groups in total. The average molecular weight is 347 g/mol. The summed E-state index contributed by atoms with van der Waals surface area (Å²) in [5.74, 6) is 1.71. The number of amides is 1. The molecule has 2 unspecified atom stereocenters. The first kappa shape index (κ1) is 18.1. The molecule has 0 saturated carbocycles. The SMILES string of the molecule is CC1CCCN(C(=O)CN2CCOC(CN(C)c3cccnn3)C2)C1. The molecule has 0 aromatic carbocycles. The second-order valence-electron chi connectivity index (χ2n) is 7.28. The molecule has 7 nitrogen and oxygen atoms in total. The van der Waals surface area contributed by atoms with Gasteiger partial charge < -0.3 is 14.5 Å². The van der Waals surface area contributed by atoms with E-state index in [-0.39, 0.29) is 12.0 Å². The molecule has 2 aliphatic rings. The molecule has 25 heavy (non-hydrogen) atoms. The Morgan fingerprint density at radius 1 is 1.40 bits per heavy atom. The summed E-state index contributed by atoms with van der Waals surface area (Å²) in [7, 11) is 1.99. The second-order valence-corrected chi connectivity index (χ2v) is 7.28. The molecule has 0 bridgehead atoms. The van der Waals surface area contributed by atoms with Crippen LogP contribution < -0.4 is 4.90 Å². The summed E-state index contributed by atoms with van der Waals surface area (Å²) in [6.07, 6.45) is 4.11. The zero-order valence-electron chi connectivity index (χ0n) is 15.3. The minimum Gasteiger partial charge on any atom is -0.374 e. The van der Waals surface area contributed by atoms with Crippen molar-refractivity contribution in [2.24, 2.45) is 5.92 Å². The molecule has 1 aromatic heterocycles. The van der Waals surface area contributed by atoms with Crippen LogP contribution in [0.5, 0.6) is 0 Å². The Morgan fingerprint density at radius 3 is 3.04 bits per heavy atom. The molecule has 0 spiro atoms. The van der Waals surface area contributed by atoms with Crippen molar-refractivity contribution in [2.45, 2.75) is 25.9 Å². The molecule has 2 aliphatic heterocycles. The molecule has 1 amide bonds. The number of rotatable bonds is 5. The van der Waals surface area contributed by atoms with Crippen LogP contribution in [0.1, 0.15) is 19.8 Å². The molecule has 3 heterocycles. The van der Waals surface area contributed by atoms with E-state index in [0.717, 1.165) is 45.0 Å². The van der Waals surface area contributed by atoms with E-state index in [9.17, 15) is 4.79 Å². The molecule has 1 aromatic rings. The summed E-state index contributed by atoms with van der Waals surface area (Å²) in [6, 6.07) is 3.82. The Hall–Kier alpha value is -1.73. The van der Waals surface area contributed by atoms with Crippen LogP contribution in [0.2, 0.25) is 0 Å². The van der Waals surface area contributed by atoms with Crippen molar-refractivity contribution in [1.29, 1.82) is 0 Å². The van der Waals surface area contributed by atoms with Gasteiger partial charge in [0.2, 0.25) is 5.91 Å². The topological polar surface area (TPSA) is 61.8 Å². The molecule has 2 fully saturated rings.